The Bertz CT molecular complexity index is 623. The number of carboxylic acid groups (broad SMARTS) is 1. The summed E-state index contributed by atoms with van der Waals surface area (Å²) in [5, 5.41) is 9.67. The summed E-state index contributed by atoms with van der Waals surface area (Å²) in [6.45, 7) is 7.28. The van der Waals surface area contributed by atoms with Gasteiger partial charge in [0.1, 0.15) is 17.5 Å². The van der Waals surface area contributed by atoms with Crippen molar-refractivity contribution in [3.63, 3.8) is 0 Å². The summed E-state index contributed by atoms with van der Waals surface area (Å²) in [5.41, 5.74) is 5.68. The number of rotatable bonds is 5. The molecule has 0 aliphatic carbocycles. The van der Waals surface area contributed by atoms with Gasteiger partial charge in [0.15, 0.2) is 5.60 Å². The van der Waals surface area contributed by atoms with Gasteiger partial charge in [0.25, 0.3) is 5.91 Å². The molecule has 1 aliphatic heterocycles. The number of nitrogens with two attached hydrogens (primary N) is 1. The first-order valence-electron chi connectivity index (χ1n) is 7.93. The number of amides is 1. The minimum absolute atomic E-state index is 0.270. The largest absolute Gasteiger partial charge is 0.480 e. The van der Waals surface area contributed by atoms with Crippen LogP contribution >= 0.6 is 0 Å². The summed E-state index contributed by atoms with van der Waals surface area (Å²) in [5.74, 6) is -1.20. The first-order chi connectivity index (χ1) is 10.8. The molecule has 6 heteroatoms. The van der Waals surface area contributed by atoms with Crippen LogP contribution in [0.3, 0.4) is 0 Å². The highest BCUT2D eigenvalue weighted by molar-refractivity contribution is 6.08. The quantitative estimate of drug-likeness (QED) is 0.814. The first kappa shape index (κ1) is 17.1. The average molecular weight is 320 g/mol. The minimum Gasteiger partial charge on any atom is -0.480 e. The van der Waals surface area contributed by atoms with Crippen LogP contribution in [-0.2, 0) is 9.59 Å². The highest BCUT2D eigenvalue weighted by Gasteiger charge is 2.50. The normalized spacial score (nSPS) is 17.6. The van der Waals surface area contributed by atoms with Crippen molar-refractivity contribution in [1.82, 2.24) is 0 Å². The number of nitrogens with zero attached hydrogens (tertiary/aromatic N) is 1. The summed E-state index contributed by atoms with van der Waals surface area (Å²) >= 11 is 0. The van der Waals surface area contributed by atoms with E-state index < -0.39 is 17.6 Å². The van der Waals surface area contributed by atoms with Gasteiger partial charge >= 0.3 is 5.97 Å². The number of anilines is 2. The predicted octanol–water partition coefficient (Wildman–Crippen LogP) is 2.66. The summed E-state index contributed by atoms with van der Waals surface area (Å²) < 4.78 is 5.99. The van der Waals surface area contributed by atoms with E-state index in [9.17, 15) is 14.7 Å². The number of hydrogen-bond donors (Lipinski definition) is 2. The van der Waals surface area contributed by atoms with Crippen molar-refractivity contribution >= 4 is 23.3 Å². The zero-order valence-electron chi connectivity index (χ0n) is 14.0. The Morgan fingerprint density at radius 2 is 1.96 bits per heavy atom. The molecule has 1 aromatic rings. The van der Waals surface area contributed by atoms with Gasteiger partial charge in [-0.3, -0.25) is 9.69 Å². The van der Waals surface area contributed by atoms with Crippen molar-refractivity contribution < 1.29 is 19.4 Å². The van der Waals surface area contributed by atoms with E-state index >= 15 is 0 Å². The smallest absolute Gasteiger partial charge is 0.327 e. The van der Waals surface area contributed by atoms with Crippen molar-refractivity contribution in [2.24, 2.45) is 5.92 Å². The maximum absolute atomic E-state index is 13.2. The van der Waals surface area contributed by atoms with E-state index in [0.29, 0.717) is 30.0 Å². The number of para-hydroxylation sites is 1. The molecule has 1 heterocycles. The lowest BCUT2D eigenvalue weighted by molar-refractivity contribution is -0.145. The fourth-order valence-electron chi connectivity index (χ4n) is 3.11. The molecule has 2 rings (SSSR count). The van der Waals surface area contributed by atoms with Crippen LogP contribution in [0.5, 0.6) is 5.75 Å². The van der Waals surface area contributed by atoms with Gasteiger partial charge < -0.3 is 15.6 Å². The Hall–Kier alpha value is -2.24. The first-order valence-corrected chi connectivity index (χ1v) is 7.93. The fourth-order valence-corrected chi connectivity index (χ4v) is 3.11. The highest BCUT2D eigenvalue weighted by Crippen LogP contribution is 2.45. The van der Waals surface area contributed by atoms with E-state index in [0.717, 1.165) is 0 Å². The highest BCUT2D eigenvalue weighted by atomic mass is 16.5. The third-order valence-corrected chi connectivity index (χ3v) is 4.49. The maximum atomic E-state index is 13.2. The second-order valence-corrected chi connectivity index (χ2v) is 6.20. The number of hydrogen-bond acceptors (Lipinski definition) is 4. The fraction of sp³-hybridized carbons (Fsp3) is 0.529. The molecule has 1 aliphatic rings. The number of carbonyl (C=O) groups excluding carboxylic acids is 1. The van der Waals surface area contributed by atoms with Gasteiger partial charge in [-0.05, 0) is 30.9 Å². The van der Waals surface area contributed by atoms with E-state index in [1.54, 1.807) is 32.0 Å². The van der Waals surface area contributed by atoms with E-state index in [1.165, 1.54) is 4.90 Å². The van der Waals surface area contributed by atoms with Gasteiger partial charge in [0, 0.05) is 0 Å². The molecule has 0 saturated carbocycles. The average Bonchev–Trinajstić information content (AvgIpc) is 2.49. The molecule has 0 saturated heterocycles. The van der Waals surface area contributed by atoms with E-state index in [1.807, 2.05) is 13.8 Å². The van der Waals surface area contributed by atoms with Crippen LogP contribution in [0.4, 0.5) is 11.4 Å². The van der Waals surface area contributed by atoms with E-state index in [4.69, 9.17) is 10.5 Å². The van der Waals surface area contributed by atoms with Gasteiger partial charge in [-0.1, -0.05) is 33.8 Å². The molecule has 0 fully saturated rings. The SMILES string of the molecule is CCC1(CC)Oc2cccc(N)c2N(C(C(=O)O)C(C)C)C1=O. The van der Waals surface area contributed by atoms with Gasteiger partial charge in [0.05, 0.1) is 5.69 Å². The number of aliphatic carboxylic acids is 1. The molecule has 1 unspecified atom stereocenters. The molecule has 126 valence electrons. The second kappa shape index (κ2) is 6.10. The monoisotopic (exact) mass is 320 g/mol. The molecule has 0 radical (unpaired) electrons. The van der Waals surface area contributed by atoms with Crippen molar-refractivity contribution in [3.8, 4) is 5.75 Å². The molecule has 1 atom stereocenters. The molecule has 0 bridgehead atoms. The van der Waals surface area contributed by atoms with Crippen molar-refractivity contribution in [2.45, 2.75) is 52.2 Å². The molecular formula is C17H24N2O4. The molecule has 23 heavy (non-hydrogen) atoms. The molecule has 1 amide bonds. The van der Waals surface area contributed by atoms with Crippen LogP contribution in [0.1, 0.15) is 40.5 Å². The van der Waals surface area contributed by atoms with Crippen LogP contribution in [0.15, 0.2) is 18.2 Å². The number of carbonyl (C=O) groups is 2. The van der Waals surface area contributed by atoms with Gasteiger partial charge in [-0.25, -0.2) is 4.79 Å². The predicted molar refractivity (Wildman–Crippen MR) is 88.5 cm³/mol. The Balaban J connectivity index is 2.71. The molecule has 0 spiro atoms. The summed E-state index contributed by atoms with van der Waals surface area (Å²) in [6.07, 6.45) is 0.912. The lowest BCUT2D eigenvalue weighted by Gasteiger charge is -2.45. The van der Waals surface area contributed by atoms with Gasteiger partial charge in [-0.15, -0.1) is 0 Å². The third kappa shape index (κ3) is 2.62. The summed E-state index contributed by atoms with van der Waals surface area (Å²) in [4.78, 5) is 26.3. The number of benzene rings is 1. The molecule has 6 nitrogen and oxygen atoms in total. The van der Waals surface area contributed by atoms with Crippen molar-refractivity contribution in [3.05, 3.63) is 18.2 Å². The Kier molecular flexibility index (Phi) is 4.54. The molecule has 1 aromatic carbocycles. The topological polar surface area (TPSA) is 92.9 Å². The summed E-state index contributed by atoms with van der Waals surface area (Å²) in [7, 11) is 0. The van der Waals surface area contributed by atoms with Crippen LogP contribution in [0.2, 0.25) is 0 Å². The van der Waals surface area contributed by atoms with E-state index in [-0.39, 0.29) is 11.8 Å². The van der Waals surface area contributed by atoms with Crippen LogP contribution in [-0.4, -0.2) is 28.6 Å². The number of ether oxygens (including phenoxy) is 1. The molecule has 0 aromatic heterocycles. The Labute approximate surface area is 136 Å². The van der Waals surface area contributed by atoms with Crippen LogP contribution in [0, 0.1) is 5.92 Å². The van der Waals surface area contributed by atoms with Crippen LogP contribution in [0.25, 0.3) is 0 Å². The number of carboxylic acids is 1. The van der Waals surface area contributed by atoms with Gasteiger partial charge in [-0.2, -0.15) is 0 Å². The minimum atomic E-state index is -1.05. The van der Waals surface area contributed by atoms with Crippen molar-refractivity contribution in [2.75, 3.05) is 10.6 Å². The summed E-state index contributed by atoms with van der Waals surface area (Å²) in [6, 6.07) is 4.12. The standard InChI is InChI=1S/C17H24N2O4/c1-5-17(6-2)16(22)19(13(10(3)4)15(20)21)14-11(18)8-7-9-12(14)23-17/h7-10,13H,5-6,18H2,1-4H3,(H,20,21). The number of nitrogen functional groups attached to an aromatic ring is 1. The lowest BCUT2D eigenvalue weighted by Crippen LogP contribution is -2.61. The Morgan fingerprint density at radius 1 is 1.35 bits per heavy atom. The van der Waals surface area contributed by atoms with Gasteiger partial charge in [0.2, 0.25) is 0 Å². The second-order valence-electron chi connectivity index (χ2n) is 6.20. The van der Waals surface area contributed by atoms with Crippen molar-refractivity contribution in [1.29, 1.82) is 0 Å². The lowest BCUT2D eigenvalue weighted by atomic mass is 9.89. The molecule has 3 N–H and O–H groups in total. The maximum Gasteiger partial charge on any atom is 0.327 e. The van der Waals surface area contributed by atoms with E-state index in [2.05, 4.69) is 0 Å². The van der Waals surface area contributed by atoms with Crippen LogP contribution < -0.4 is 15.4 Å². The Morgan fingerprint density at radius 3 is 2.43 bits per heavy atom. The zero-order chi connectivity index (χ0) is 17.4. The third-order valence-electron chi connectivity index (χ3n) is 4.49. The zero-order valence-corrected chi connectivity index (χ0v) is 14.0. The number of fused-ring (bicyclic) bond motifs is 1. The molecular weight excluding hydrogens is 296 g/mol.